The monoisotopic (exact) mass is 412 g/mol. The first kappa shape index (κ1) is 19.6. The van der Waals surface area contributed by atoms with Crippen LogP contribution in [0.25, 0.3) is 10.9 Å². The highest BCUT2D eigenvalue weighted by Gasteiger charge is 2.23. The molecule has 1 amide bonds. The Morgan fingerprint density at radius 3 is 2.76 bits per heavy atom. The lowest BCUT2D eigenvalue weighted by Crippen LogP contribution is -2.35. The Morgan fingerprint density at radius 1 is 1.17 bits per heavy atom. The van der Waals surface area contributed by atoms with Crippen LogP contribution in [0.2, 0.25) is 5.02 Å². The van der Waals surface area contributed by atoms with Crippen molar-refractivity contribution in [2.45, 2.75) is 32.7 Å². The van der Waals surface area contributed by atoms with Crippen LogP contribution in [0.3, 0.4) is 0 Å². The first-order valence-electron chi connectivity index (χ1n) is 10.1. The van der Waals surface area contributed by atoms with E-state index in [4.69, 9.17) is 21.1 Å². The van der Waals surface area contributed by atoms with Crippen molar-refractivity contribution in [1.29, 1.82) is 0 Å². The van der Waals surface area contributed by atoms with E-state index >= 15 is 0 Å². The predicted molar refractivity (Wildman–Crippen MR) is 115 cm³/mol. The standard InChI is InChI=1S/C23H25ClN2O3/c1-2-28-21-6-3-4-7-22(21)29-13-5-8-23(27)26-12-11-20-18(15-26)17-14-16(24)9-10-19(17)25-20/h3-4,6-7,9-10,14,25H,2,5,8,11-13,15H2,1H3. The Labute approximate surface area is 175 Å². The first-order valence-corrected chi connectivity index (χ1v) is 10.4. The number of benzene rings is 2. The lowest BCUT2D eigenvalue weighted by molar-refractivity contribution is -0.132. The van der Waals surface area contributed by atoms with Crippen molar-refractivity contribution in [2.24, 2.45) is 0 Å². The van der Waals surface area contributed by atoms with Crippen molar-refractivity contribution in [3.05, 3.63) is 58.7 Å². The van der Waals surface area contributed by atoms with Crippen molar-refractivity contribution in [3.8, 4) is 11.5 Å². The number of aromatic amines is 1. The predicted octanol–water partition coefficient (Wildman–Crippen LogP) is 4.96. The number of halogens is 1. The highest BCUT2D eigenvalue weighted by Crippen LogP contribution is 2.30. The topological polar surface area (TPSA) is 54.6 Å². The van der Waals surface area contributed by atoms with E-state index in [1.165, 1.54) is 11.3 Å². The molecule has 0 saturated heterocycles. The number of hydrogen-bond acceptors (Lipinski definition) is 3. The molecule has 29 heavy (non-hydrogen) atoms. The average molecular weight is 413 g/mol. The molecule has 0 atom stereocenters. The van der Waals surface area contributed by atoms with Crippen LogP contribution in [-0.4, -0.2) is 35.5 Å². The number of rotatable bonds is 7. The van der Waals surface area contributed by atoms with E-state index in [1.54, 1.807) is 0 Å². The fraction of sp³-hybridized carbons (Fsp3) is 0.348. The van der Waals surface area contributed by atoms with Gasteiger partial charge in [-0.05, 0) is 43.7 Å². The molecule has 0 saturated carbocycles. The Balaban J connectivity index is 1.32. The smallest absolute Gasteiger partial charge is 0.223 e. The third kappa shape index (κ3) is 4.35. The zero-order valence-corrected chi connectivity index (χ0v) is 17.3. The Hall–Kier alpha value is -2.66. The summed E-state index contributed by atoms with van der Waals surface area (Å²) in [6.07, 6.45) is 1.98. The number of ether oxygens (including phenoxy) is 2. The van der Waals surface area contributed by atoms with Gasteiger partial charge in [0.1, 0.15) is 0 Å². The molecule has 1 N–H and O–H groups in total. The van der Waals surface area contributed by atoms with Crippen LogP contribution in [-0.2, 0) is 17.8 Å². The number of para-hydroxylation sites is 2. The second-order valence-corrected chi connectivity index (χ2v) is 7.61. The summed E-state index contributed by atoms with van der Waals surface area (Å²) in [6.45, 7) is 4.39. The summed E-state index contributed by atoms with van der Waals surface area (Å²) in [5.41, 5.74) is 3.47. The van der Waals surface area contributed by atoms with Crippen LogP contribution < -0.4 is 9.47 Å². The molecule has 0 bridgehead atoms. The summed E-state index contributed by atoms with van der Waals surface area (Å²) in [4.78, 5) is 18.1. The lowest BCUT2D eigenvalue weighted by atomic mass is 10.0. The molecule has 4 rings (SSSR count). The van der Waals surface area contributed by atoms with Crippen LogP contribution in [0.5, 0.6) is 11.5 Å². The Bertz CT molecular complexity index is 1010. The molecule has 1 aromatic heterocycles. The van der Waals surface area contributed by atoms with Gasteiger partial charge in [0, 0.05) is 53.1 Å². The summed E-state index contributed by atoms with van der Waals surface area (Å²) >= 11 is 6.17. The molecule has 0 aliphatic carbocycles. The minimum atomic E-state index is 0.161. The summed E-state index contributed by atoms with van der Waals surface area (Å²) in [7, 11) is 0. The zero-order valence-electron chi connectivity index (χ0n) is 16.5. The molecular weight excluding hydrogens is 388 g/mol. The van der Waals surface area contributed by atoms with Gasteiger partial charge in [-0.1, -0.05) is 23.7 Å². The molecule has 0 unspecified atom stereocenters. The van der Waals surface area contributed by atoms with Gasteiger partial charge in [-0.3, -0.25) is 4.79 Å². The van der Waals surface area contributed by atoms with Crippen molar-refractivity contribution < 1.29 is 14.3 Å². The molecule has 0 spiro atoms. The number of nitrogens with zero attached hydrogens (tertiary/aromatic N) is 1. The largest absolute Gasteiger partial charge is 0.490 e. The third-order valence-electron chi connectivity index (χ3n) is 5.23. The van der Waals surface area contributed by atoms with Crippen molar-refractivity contribution >= 4 is 28.4 Å². The van der Waals surface area contributed by atoms with Crippen molar-refractivity contribution in [3.63, 3.8) is 0 Å². The molecule has 2 aromatic carbocycles. The van der Waals surface area contributed by atoms with Gasteiger partial charge in [-0.25, -0.2) is 0 Å². The second kappa shape index (κ2) is 8.78. The van der Waals surface area contributed by atoms with E-state index in [9.17, 15) is 4.79 Å². The number of fused-ring (bicyclic) bond motifs is 3. The van der Waals surface area contributed by atoms with E-state index in [-0.39, 0.29) is 5.91 Å². The van der Waals surface area contributed by atoms with Crippen LogP contribution in [0.1, 0.15) is 31.0 Å². The summed E-state index contributed by atoms with van der Waals surface area (Å²) in [5, 5.41) is 1.83. The molecule has 1 aliphatic rings. The highest BCUT2D eigenvalue weighted by atomic mass is 35.5. The number of hydrogen-bond donors (Lipinski definition) is 1. The number of H-pyrrole nitrogens is 1. The van der Waals surface area contributed by atoms with E-state index in [0.717, 1.165) is 35.4 Å². The number of amides is 1. The summed E-state index contributed by atoms with van der Waals surface area (Å²) in [5.74, 6) is 1.62. The van der Waals surface area contributed by atoms with Crippen LogP contribution in [0.15, 0.2) is 42.5 Å². The Kier molecular flexibility index (Phi) is 5.95. The highest BCUT2D eigenvalue weighted by molar-refractivity contribution is 6.31. The molecule has 152 valence electrons. The summed E-state index contributed by atoms with van der Waals surface area (Å²) < 4.78 is 11.4. The fourth-order valence-corrected chi connectivity index (χ4v) is 3.98. The van der Waals surface area contributed by atoms with Gasteiger partial charge in [-0.2, -0.15) is 0 Å². The van der Waals surface area contributed by atoms with Crippen molar-refractivity contribution in [2.75, 3.05) is 19.8 Å². The van der Waals surface area contributed by atoms with Gasteiger partial charge in [-0.15, -0.1) is 0 Å². The molecule has 2 heterocycles. The molecule has 0 fully saturated rings. The van der Waals surface area contributed by atoms with E-state index < -0.39 is 0 Å². The maximum absolute atomic E-state index is 12.7. The second-order valence-electron chi connectivity index (χ2n) is 7.17. The summed E-state index contributed by atoms with van der Waals surface area (Å²) in [6, 6.07) is 13.5. The van der Waals surface area contributed by atoms with Gasteiger partial charge in [0.25, 0.3) is 0 Å². The minimum absolute atomic E-state index is 0.161. The van der Waals surface area contributed by atoms with Gasteiger partial charge in [0.15, 0.2) is 11.5 Å². The molecule has 5 nitrogen and oxygen atoms in total. The van der Waals surface area contributed by atoms with Crippen LogP contribution in [0.4, 0.5) is 0 Å². The Morgan fingerprint density at radius 2 is 1.97 bits per heavy atom. The zero-order chi connectivity index (χ0) is 20.2. The van der Waals surface area contributed by atoms with Crippen molar-refractivity contribution in [1.82, 2.24) is 9.88 Å². The normalized spacial score (nSPS) is 13.4. The molecular formula is C23H25ClN2O3. The van der Waals surface area contributed by atoms with Gasteiger partial charge >= 0.3 is 0 Å². The SMILES string of the molecule is CCOc1ccccc1OCCCC(=O)N1CCc2[nH]c3ccc(Cl)cc3c2C1. The average Bonchev–Trinajstić information content (AvgIpc) is 3.09. The van der Waals surface area contributed by atoms with E-state index in [1.807, 2.05) is 54.3 Å². The molecule has 6 heteroatoms. The van der Waals surface area contributed by atoms with Crippen LogP contribution >= 0.6 is 11.6 Å². The third-order valence-corrected chi connectivity index (χ3v) is 5.47. The number of aromatic nitrogens is 1. The molecule has 0 radical (unpaired) electrons. The lowest BCUT2D eigenvalue weighted by Gasteiger charge is -2.27. The quantitative estimate of drug-likeness (QED) is 0.558. The van der Waals surface area contributed by atoms with Crippen LogP contribution in [0, 0.1) is 0 Å². The maximum atomic E-state index is 12.7. The molecule has 3 aromatic rings. The first-order chi connectivity index (χ1) is 14.2. The van der Waals surface area contributed by atoms with E-state index in [2.05, 4.69) is 4.98 Å². The number of carbonyl (C=O) groups excluding carboxylic acids is 1. The van der Waals surface area contributed by atoms with Gasteiger partial charge < -0.3 is 19.4 Å². The fourth-order valence-electron chi connectivity index (χ4n) is 3.81. The number of nitrogens with one attached hydrogen (secondary N) is 1. The number of carbonyl (C=O) groups is 1. The molecule has 1 aliphatic heterocycles. The van der Waals surface area contributed by atoms with Gasteiger partial charge in [0.2, 0.25) is 5.91 Å². The van der Waals surface area contributed by atoms with E-state index in [0.29, 0.717) is 37.6 Å². The maximum Gasteiger partial charge on any atom is 0.223 e. The van der Waals surface area contributed by atoms with Gasteiger partial charge in [0.05, 0.1) is 13.2 Å². The minimum Gasteiger partial charge on any atom is -0.490 e.